The van der Waals surface area contributed by atoms with Crippen molar-refractivity contribution >= 4 is 76.4 Å². The highest BCUT2D eigenvalue weighted by Crippen LogP contribution is 2.43. The molecule has 4 nitrogen and oxygen atoms in total. The van der Waals surface area contributed by atoms with Crippen molar-refractivity contribution in [3.8, 4) is 17.1 Å². The van der Waals surface area contributed by atoms with Crippen LogP contribution in [0.4, 0.5) is 0 Å². The number of rotatable bonds is 2. The van der Waals surface area contributed by atoms with Gasteiger partial charge in [-0.1, -0.05) is 91.0 Å². The average molecular weight is 551 g/mol. The molecule has 7 aromatic carbocycles. The molecule has 3 heterocycles. The first-order valence-electron chi connectivity index (χ1n) is 14.5. The molecule has 0 unspecified atom stereocenters. The van der Waals surface area contributed by atoms with Gasteiger partial charge < -0.3 is 13.4 Å². The normalized spacial score (nSPS) is 12.2. The van der Waals surface area contributed by atoms with Crippen LogP contribution in [-0.4, -0.2) is 9.55 Å². The molecular formula is C39H22N2O2. The fourth-order valence-electron chi connectivity index (χ4n) is 6.90. The smallest absolute Gasteiger partial charge is 0.231 e. The van der Waals surface area contributed by atoms with Gasteiger partial charge in [-0.25, -0.2) is 4.98 Å². The topological polar surface area (TPSA) is 44.1 Å². The maximum absolute atomic E-state index is 6.78. The molecule has 43 heavy (non-hydrogen) atoms. The van der Waals surface area contributed by atoms with Crippen LogP contribution in [-0.2, 0) is 0 Å². The molecule has 200 valence electrons. The van der Waals surface area contributed by atoms with Gasteiger partial charge in [-0.15, -0.1) is 0 Å². The number of nitrogens with zero attached hydrogens (tertiary/aromatic N) is 2. The molecule has 0 N–H and O–H groups in total. The summed E-state index contributed by atoms with van der Waals surface area (Å²) < 4.78 is 15.4. The molecule has 0 aliphatic rings. The van der Waals surface area contributed by atoms with Crippen LogP contribution in [0.2, 0.25) is 0 Å². The lowest BCUT2D eigenvalue weighted by Gasteiger charge is -2.10. The van der Waals surface area contributed by atoms with E-state index in [-0.39, 0.29) is 0 Å². The predicted octanol–water partition coefficient (Wildman–Crippen LogP) is 10.8. The average Bonchev–Trinajstić information content (AvgIpc) is 3.76. The van der Waals surface area contributed by atoms with Crippen molar-refractivity contribution in [2.45, 2.75) is 0 Å². The van der Waals surface area contributed by atoms with E-state index in [1.54, 1.807) is 0 Å². The second-order valence-corrected chi connectivity index (χ2v) is 11.2. The van der Waals surface area contributed by atoms with Crippen LogP contribution in [0.15, 0.2) is 142 Å². The van der Waals surface area contributed by atoms with Gasteiger partial charge in [0.1, 0.15) is 16.7 Å². The van der Waals surface area contributed by atoms with Crippen molar-refractivity contribution in [3.05, 3.63) is 133 Å². The number of para-hydroxylation sites is 3. The molecule has 0 atom stereocenters. The van der Waals surface area contributed by atoms with Gasteiger partial charge in [0.05, 0.1) is 16.6 Å². The minimum absolute atomic E-state index is 0.560. The molecule has 10 rings (SSSR count). The molecule has 0 saturated carbocycles. The standard InChI is InChI=1S/C39H22N2O2/c1-4-12-27-23(9-1)17-19-29-28-13-5-7-15-33(28)41(37(27)29)25-18-20-30-35(22-25)42-38-31(21-24-10-2-3-11-26(24)36(30)38)39-40-32-14-6-8-16-34(32)43-39/h1-22H. The van der Waals surface area contributed by atoms with Crippen molar-refractivity contribution in [2.75, 3.05) is 0 Å². The molecule has 0 aliphatic heterocycles. The molecule has 0 radical (unpaired) electrons. The Morgan fingerprint density at radius 1 is 0.512 bits per heavy atom. The summed E-state index contributed by atoms with van der Waals surface area (Å²) in [6.45, 7) is 0. The summed E-state index contributed by atoms with van der Waals surface area (Å²) in [5.41, 5.74) is 7.48. The SMILES string of the molecule is c1ccc2c(c1)cc(-c1nc3ccccc3o1)c1oc3cc(-n4c5ccccc5c5ccc6ccccc6c54)ccc3c12. The van der Waals surface area contributed by atoms with Gasteiger partial charge in [-0.3, -0.25) is 0 Å². The maximum atomic E-state index is 6.78. The first-order valence-corrected chi connectivity index (χ1v) is 14.5. The van der Waals surface area contributed by atoms with Crippen LogP contribution in [0.5, 0.6) is 0 Å². The van der Waals surface area contributed by atoms with Gasteiger partial charge in [0.2, 0.25) is 5.89 Å². The van der Waals surface area contributed by atoms with Gasteiger partial charge in [0.25, 0.3) is 0 Å². The fraction of sp³-hybridized carbons (Fsp3) is 0. The zero-order chi connectivity index (χ0) is 28.1. The summed E-state index contributed by atoms with van der Waals surface area (Å²) in [5, 5.41) is 9.33. The van der Waals surface area contributed by atoms with Gasteiger partial charge in [-0.05, 0) is 52.6 Å². The third-order valence-electron chi connectivity index (χ3n) is 8.79. The molecule has 0 saturated heterocycles. The van der Waals surface area contributed by atoms with E-state index in [2.05, 4.69) is 114 Å². The lowest BCUT2D eigenvalue weighted by molar-refractivity contribution is 0.615. The Labute approximate surface area is 245 Å². The Morgan fingerprint density at radius 2 is 1.26 bits per heavy atom. The van der Waals surface area contributed by atoms with E-state index < -0.39 is 0 Å². The highest BCUT2D eigenvalue weighted by atomic mass is 16.4. The van der Waals surface area contributed by atoms with E-state index in [1.165, 1.54) is 32.6 Å². The maximum Gasteiger partial charge on any atom is 0.231 e. The molecule has 0 amide bonds. The highest BCUT2D eigenvalue weighted by Gasteiger charge is 2.21. The van der Waals surface area contributed by atoms with Crippen molar-refractivity contribution in [1.29, 1.82) is 0 Å². The Hall–Kier alpha value is -5.87. The number of aromatic nitrogens is 2. The van der Waals surface area contributed by atoms with Crippen LogP contribution in [0.1, 0.15) is 0 Å². The lowest BCUT2D eigenvalue weighted by atomic mass is 10.00. The molecule has 0 fully saturated rings. The van der Waals surface area contributed by atoms with E-state index in [9.17, 15) is 0 Å². The largest absolute Gasteiger partial charge is 0.455 e. The van der Waals surface area contributed by atoms with E-state index >= 15 is 0 Å². The summed E-state index contributed by atoms with van der Waals surface area (Å²) in [5.74, 6) is 0.560. The number of hydrogen-bond donors (Lipinski definition) is 0. The second kappa shape index (κ2) is 8.34. The number of benzene rings is 7. The minimum Gasteiger partial charge on any atom is -0.455 e. The van der Waals surface area contributed by atoms with Gasteiger partial charge in [0, 0.05) is 38.7 Å². The van der Waals surface area contributed by atoms with Crippen LogP contribution >= 0.6 is 0 Å². The third kappa shape index (κ3) is 3.12. The Balaban J connectivity index is 1.31. The Bertz CT molecular complexity index is 2710. The number of fused-ring (bicyclic) bond motifs is 11. The summed E-state index contributed by atoms with van der Waals surface area (Å²) in [6, 6.07) is 46.7. The molecule has 4 heteroatoms. The molecule has 0 spiro atoms. The van der Waals surface area contributed by atoms with Crippen LogP contribution in [0, 0.1) is 0 Å². The number of furan rings is 1. The molecule has 0 aliphatic carbocycles. The van der Waals surface area contributed by atoms with Crippen molar-refractivity contribution in [3.63, 3.8) is 0 Å². The first kappa shape index (κ1) is 22.8. The monoisotopic (exact) mass is 550 g/mol. The van der Waals surface area contributed by atoms with Crippen LogP contribution in [0.3, 0.4) is 0 Å². The lowest BCUT2D eigenvalue weighted by Crippen LogP contribution is -1.94. The summed E-state index contributed by atoms with van der Waals surface area (Å²) >= 11 is 0. The number of oxazole rings is 1. The van der Waals surface area contributed by atoms with Gasteiger partial charge >= 0.3 is 0 Å². The van der Waals surface area contributed by atoms with Crippen molar-refractivity contribution in [2.24, 2.45) is 0 Å². The van der Waals surface area contributed by atoms with Crippen molar-refractivity contribution in [1.82, 2.24) is 9.55 Å². The summed E-state index contributed by atoms with van der Waals surface area (Å²) in [4.78, 5) is 4.83. The second-order valence-electron chi connectivity index (χ2n) is 11.2. The van der Waals surface area contributed by atoms with Crippen molar-refractivity contribution < 1.29 is 8.83 Å². The van der Waals surface area contributed by atoms with Crippen LogP contribution in [0.25, 0.3) is 93.5 Å². The third-order valence-corrected chi connectivity index (χ3v) is 8.79. The van der Waals surface area contributed by atoms with E-state index in [1.807, 2.05) is 24.3 Å². The van der Waals surface area contributed by atoms with Gasteiger partial charge in [-0.2, -0.15) is 0 Å². The zero-order valence-electron chi connectivity index (χ0n) is 22.9. The molecule has 10 aromatic rings. The Kier molecular flexibility index (Phi) is 4.42. The fourth-order valence-corrected chi connectivity index (χ4v) is 6.90. The zero-order valence-corrected chi connectivity index (χ0v) is 22.9. The van der Waals surface area contributed by atoms with Crippen LogP contribution < -0.4 is 0 Å². The molecular weight excluding hydrogens is 528 g/mol. The van der Waals surface area contributed by atoms with Gasteiger partial charge in [0.15, 0.2) is 5.58 Å². The van der Waals surface area contributed by atoms with E-state index in [0.717, 1.165) is 55.1 Å². The Morgan fingerprint density at radius 3 is 2.16 bits per heavy atom. The highest BCUT2D eigenvalue weighted by molar-refractivity contribution is 6.23. The molecule has 0 bridgehead atoms. The quantitative estimate of drug-likeness (QED) is 0.215. The molecule has 3 aromatic heterocycles. The minimum atomic E-state index is 0.560. The predicted molar refractivity (Wildman–Crippen MR) is 176 cm³/mol. The first-order chi connectivity index (χ1) is 21.3. The van der Waals surface area contributed by atoms with E-state index in [0.29, 0.717) is 5.89 Å². The summed E-state index contributed by atoms with van der Waals surface area (Å²) in [7, 11) is 0. The summed E-state index contributed by atoms with van der Waals surface area (Å²) in [6.07, 6.45) is 0. The number of hydrogen-bond acceptors (Lipinski definition) is 3. The van der Waals surface area contributed by atoms with E-state index in [4.69, 9.17) is 13.8 Å².